The van der Waals surface area contributed by atoms with Gasteiger partial charge in [0.15, 0.2) is 6.61 Å². The number of hydrogen-bond donors (Lipinski definition) is 0. The maximum Gasteiger partial charge on any atom is 0.330 e. The molecule has 1 aromatic carbocycles. The molecule has 148 valence electrons. The summed E-state index contributed by atoms with van der Waals surface area (Å²) in [6, 6.07) is 9.55. The van der Waals surface area contributed by atoms with Crippen molar-refractivity contribution in [1.29, 1.82) is 0 Å². The minimum atomic E-state index is -0.580. The minimum absolute atomic E-state index is 0.00427. The highest BCUT2D eigenvalue weighted by Gasteiger charge is 2.53. The molecule has 0 saturated carbocycles. The smallest absolute Gasteiger partial charge is 0.330 e. The number of ether oxygens (including phenoxy) is 1. The maximum absolute atomic E-state index is 12.5. The van der Waals surface area contributed by atoms with Crippen LogP contribution in [0.3, 0.4) is 0 Å². The average molecular weight is 401 g/mol. The first-order valence-corrected chi connectivity index (χ1v) is 10.6. The van der Waals surface area contributed by atoms with E-state index in [1.807, 2.05) is 25.1 Å². The van der Waals surface area contributed by atoms with E-state index < -0.39 is 12.0 Å². The van der Waals surface area contributed by atoms with Crippen molar-refractivity contribution in [3.05, 3.63) is 42.0 Å². The highest BCUT2D eigenvalue weighted by molar-refractivity contribution is 8.01. The minimum Gasteiger partial charge on any atom is -0.454 e. The monoisotopic (exact) mass is 400 g/mol. The lowest BCUT2D eigenvalue weighted by Crippen LogP contribution is -2.47. The first-order valence-electron chi connectivity index (χ1n) is 9.63. The van der Waals surface area contributed by atoms with Crippen LogP contribution in [-0.2, 0) is 19.1 Å². The van der Waals surface area contributed by atoms with Crippen molar-refractivity contribution < 1.29 is 19.1 Å². The molecule has 3 aliphatic rings. The summed E-state index contributed by atoms with van der Waals surface area (Å²) in [5, 5.41) is 0. The fraction of sp³-hybridized carbons (Fsp3) is 0.476. The molecule has 7 heteroatoms. The van der Waals surface area contributed by atoms with E-state index in [-0.39, 0.29) is 23.3 Å². The molecule has 0 N–H and O–H groups in total. The van der Waals surface area contributed by atoms with Crippen LogP contribution in [0, 0.1) is 0 Å². The van der Waals surface area contributed by atoms with Gasteiger partial charge >= 0.3 is 5.97 Å². The van der Waals surface area contributed by atoms with E-state index in [0.717, 1.165) is 12.8 Å². The van der Waals surface area contributed by atoms with Gasteiger partial charge in [-0.05, 0) is 30.9 Å². The Hall–Kier alpha value is -2.28. The first-order chi connectivity index (χ1) is 13.5. The molecule has 1 aromatic rings. The fourth-order valence-electron chi connectivity index (χ4n) is 4.13. The Labute approximate surface area is 168 Å². The van der Waals surface area contributed by atoms with Crippen LogP contribution in [0.4, 0.5) is 0 Å². The molecule has 0 aliphatic carbocycles. The number of fused-ring (bicyclic) bond motifs is 1. The van der Waals surface area contributed by atoms with Gasteiger partial charge in [0.1, 0.15) is 6.04 Å². The van der Waals surface area contributed by atoms with E-state index in [0.29, 0.717) is 25.3 Å². The van der Waals surface area contributed by atoms with Crippen molar-refractivity contribution in [3.63, 3.8) is 0 Å². The van der Waals surface area contributed by atoms with Gasteiger partial charge in [0.2, 0.25) is 5.91 Å². The van der Waals surface area contributed by atoms with Gasteiger partial charge < -0.3 is 14.5 Å². The normalized spacial score (nSPS) is 26.8. The van der Waals surface area contributed by atoms with Gasteiger partial charge in [-0.15, -0.1) is 11.8 Å². The SMILES string of the molecule is C[C@]12CCC(=O)N1[C@H](C(=O)OCC(=O)N1CC=C(c3ccccc3)CC1)CS2. The van der Waals surface area contributed by atoms with E-state index in [1.54, 1.807) is 21.6 Å². The molecule has 2 fully saturated rings. The molecular weight excluding hydrogens is 376 g/mol. The number of esters is 1. The van der Waals surface area contributed by atoms with Gasteiger partial charge in [-0.1, -0.05) is 36.4 Å². The lowest BCUT2D eigenvalue weighted by molar-refractivity contribution is -0.158. The van der Waals surface area contributed by atoms with Crippen LogP contribution < -0.4 is 0 Å². The molecule has 28 heavy (non-hydrogen) atoms. The van der Waals surface area contributed by atoms with Gasteiger partial charge in [0.25, 0.3) is 5.91 Å². The number of benzene rings is 1. The Morgan fingerprint density at radius 1 is 1.25 bits per heavy atom. The molecule has 6 nitrogen and oxygen atoms in total. The second-order valence-electron chi connectivity index (χ2n) is 7.56. The number of thioether (sulfide) groups is 1. The summed E-state index contributed by atoms with van der Waals surface area (Å²) in [4.78, 5) is 40.1. The predicted octanol–water partition coefficient (Wildman–Crippen LogP) is 2.30. The Morgan fingerprint density at radius 3 is 2.75 bits per heavy atom. The summed E-state index contributed by atoms with van der Waals surface area (Å²) >= 11 is 1.62. The van der Waals surface area contributed by atoms with Crippen LogP contribution in [0.5, 0.6) is 0 Å². The molecule has 3 aliphatic heterocycles. The molecule has 0 unspecified atom stereocenters. The van der Waals surface area contributed by atoms with Crippen molar-refractivity contribution in [2.45, 2.75) is 37.1 Å². The predicted molar refractivity (Wildman–Crippen MR) is 107 cm³/mol. The number of hydrogen-bond acceptors (Lipinski definition) is 5. The summed E-state index contributed by atoms with van der Waals surface area (Å²) in [6.07, 6.45) is 4.06. The lowest BCUT2D eigenvalue weighted by atomic mass is 10.00. The molecule has 4 rings (SSSR count). The van der Waals surface area contributed by atoms with Crippen molar-refractivity contribution in [2.24, 2.45) is 0 Å². The van der Waals surface area contributed by atoms with Crippen molar-refractivity contribution in [2.75, 3.05) is 25.4 Å². The zero-order chi connectivity index (χ0) is 19.7. The van der Waals surface area contributed by atoms with Gasteiger partial charge in [-0.25, -0.2) is 4.79 Å². The van der Waals surface area contributed by atoms with Crippen LogP contribution in [0.15, 0.2) is 36.4 Å². The second kappa shape index (κ2) is 7.62. The Morgan fingerprint density at radius 2 is 2.04 bits per heavy atom. The van der Waals surface area contributed by atoms with Crippen molar-refractivity contribution in [1.82, 2.24) is 9.80 Å². The van der Waals surface area contributed by atoms with Gasteiger partial charge in [0.05, 0.1) is 4.87 Å². The third kappa shape index (κ3) is 3.55. The third-order valence-electron chi connectivity index (χ3n) is 5.76. The van der Waals surface area contributed by atoms with Crippen LogP contribution in [-0.4, -0.2) is 63.9 Å². The lowest BCUT2D eigenvalue weighted by Gasteiger charge is -2.30. The summed E-state index contributed by atoms with van der Waals surface area (Å²) in [5.74, 6) is -0.145. The molecule has 2 amide bonds. The zero-order valence-electron chi connectivity index (χ0n) is 15.9. The van der Waals surface area contributed by atoms with Crippen molar-refractivity contribution in [3.8, 4) is 0 Å². The number of carbonyl (C=O) groups is 3. The fourth-order valence-corrected chi connectivity index (χ4v) is 5.54. The molecule has 0 aromatic heterocycles. The molecule has 3 heterocycles. The van der Waals surface area contributed by atoms with Crippen LogP contribution in [0.1, 0.15) is 31.7 Å². The molecule has 0 radical (unpaired) electrons. The van der Waals surface area contributed by atoms with Crippen LogP contribution in [0.2, 0.25) is 0 Å². The summed E-state index contributed by atoms with van der Waals surface area (Å²) < 4.78 is 5.30. The van der Waals surface area contributed by atoms with Gasteiger partial charge in [0, 0.05) is 25.3 Å². The van der Waals surface area contributed by atoms with E-state index in [1.165, 1.54) is 11.1 Å². The van der Waals surface area contributed by atoms with E-state index in [2.05, 4.69) is 18.2 Å². The maximum atomic E-state index is 12.5. The Bertz CT molecular complexity index is 825. The number of rotatable bonds is 4. The highest BCUT2D eigenvalue weighted by atomic mass is 32.2. The number of carbonyl (C=O) groups excluding carboxylic acids is 3. The first kappa shape index (κ1) is 19.1. The largest absolute Gasteiger partial charge is 0.454 e. The van der Waals surface area contributed by atoms with Gasteiger partial charge in [-0.2, -0.15) is 0 Å². The quantitative estimate of drug-likeness (QED) is 0.726. The standard InChI is InChI=1S/C21H24N2O4S/c1-21-10-7-18(24)23(21)17(14-28-21)20(26)27-13-19(25)22-11-8-16(9-12-22)15-5-3-2-4-6-15/h2-6,8,17H,7,9-14H2,1H3/t17-,21-/m0/s1. The van der Waals surface area contributed by atoms with Crippen LogP contribution >= 0.6 is 11.8 Å². The Balaban J connectivity index is 1.30. The Kier molecular flexibility index (Phi) is 5.19. The molecular formula is C21H24N2O4S. The summed E-state index contributed by atoms with van der Waals surface area (Å²) in [5.41, 5.74) is 2.41. The second-order valence-corrected chi connectivity index (χ2v) is 9.06. The molecule has 2 atom stereocenters. The number of nitrogens with zero attached hydrogens (tertiary/aromatic N) is 2. The highest BCUT2D eigenvalue weighted by Crippen LogP contribution is 2.47. The number of amides is 2. The summed E-state index contributed by atoms with van der Waals surface area (Å²) in [6.45, 7) is 2.85. The summed E-state index contributed by atoms with van der Waals surface area (Å²) in [7, 11) is 0. The zero-order valence-corrected chi connectivity index (χ0v) is 16.7. The molecule has 2 saturated heterocycles. The molecule has 0 spiro atoms. The van der Waals surface area contributed by atoms with E-state index >= 15 is 0 Å². The van der Waals surface area contributed by atoms with E-state index in [9.17, 15) is 14.4 Å². The van der Waals surface area contributed by atoms with Crippen LogP contribution in [0.25, 0.3) is 5.57 Å². The van der Waals surface area contributed by atoms with Gasteiger partial charge in [-0.3, -0.25) is 9.59 Å². The topological polar surface area (TPSA) is 66.9 Å². The third-order valence-corrected chi connectivity index (χ3v) is 7.27. The average Bonchev–Trinajstić information content (AvgIpc) is 3.22. The van der Waals surface area contributed by atoms with Crippen molar-refractivity contribution >= 4 is 35.1 Å². The van der Waals surface area contributed by atoms with E-state index in [4.69, 9.17) is 4.74 Å². The molecule has 0 bridgehead atoms.